The van der Waals surface area contributed by atoms with Gasteiger partial charge in [0.2, 0.25) is 0 Å². The van der Waals surface area contributed by atoms with Crippen LogP contribution in [0.2, 0.25) is 5.31 Å². The van der Waals surface area contributed by atoms with Gasteiger partial charge in [0, 0.05) is 0 Å². The van der Waals surface area contributed by atoms with Gasteiger partial charge in [-0.05, 0) is 79.4 Å². The van der Waals surface area contributed by atoms with Crippen molar-refractivity contribution < 1.29 is 0 Å². The van der Waals surface area contributed by atoms with Crippen molar-refractivity contribution in [3.63, 3.8) is 0 Å². The molecule has 0 bridgehead atoms. The van der Waals surface area contributed by atoms with Gasteiger partial charge in [-0.2, -0.15) is 0 Å². The molecule has 4 fully saturated rings. The fourth-order valence-corrected chi connectivity index (χ4v) is 8.70. The van der Waals surface area contributed by atoms with Crippen molar-refractivity contribution in [1.29, 1.82) is 0 Å². The molecule has 2 atom stereocenters. The van der Waals surface area contributed by atoms with E-state index in [-0.39, 0.29) is 5.31 Å². The molecular formula is C29H51B. The van der Waals surface area contributed by atoms with Gasteiger partial charge in [-0.1, -0.05) is 103 Å². The first-order chi connectivity index (χ1) is 14.3. The van der Waals surface area contributed by atoms with Crippen molar-refractivity contribution in [3.05, 3.63) is 0 Å². The van der Waals surface area contributed by atoms with E-state index in [2.05, 4.69) is 20.8 Å². The lowest BCUT2D eigenvalue weighted by Crippen LogP contribution is -2.38. The van der Waals surface area contributed by atoms with Crippen LogP contribution in [-0.4, -0.2) is 7.85 Å². The minimum absolute atomic E-state index is 0.119. The van der Waals surface area contributed by atoms with E-state index in [0.29, 0.717) is 16.2 Å². The van der Waals surface area contributed by atoms with Gasteiger partial charge >= 0.3 is 0 Å². The Balaban J connectivity index is 1.43. The number of fused-ring (bicyclic) bond motifs is 1. The summed E-state index contributed by atoms with van der Waals surface area (Å²) in [4.78, 5) is 0. The summed E-state index contributed by atoms with van der Waals surface area (Å²) < 4.78 is 0. The maximum absolute atomic E-state index is 7.28. The fourth-order valence-electron chi connectivity index (χ4n) is 8.70. The molecule has 170 valence electrons. The zero-order valence-corrected chi connectivity index (χ0v) is 20.9. The van der Waals surface area contributed by atoms with E-state index in [0.717, 1.165) is 11.8 Å². The second kappa shape index (κ2) is 9.13. The van der Waals surface area contributed by atoms with Crippen molar-refractivity contribution in [2.75, 3.05) is 0 Å². The highest BCUT2D eigenvalue weighted by molar-refractivity contribution is 6.15. The van der Waals surface area contributed by atoms with Crippen LogP contribution in [0.15, 0.2) is 0 Å². The molecule has 1 heteroatoms. The smallest absolute Gasteiger partial charge is 0.0608 e. The molecule has 4 rings (SSSR count). The van der Waals surface area contributed by atoms with Crippen LogP contribution in [0.5, 0.6) is 0 Å². The fraction of sp³-hybridized carbons (Fsp3) is 1.00. The van der Waals surface area contributed by atoms with Gasteiger partial charge in [0.25, 0.3) is 0 Å². The molecule has 0 aliphatic heterocycles. The largest absolute Gasteiger partial charge is 0.0753 e. The minimum Gasteiger partial charge on any atom is -0.0608 e. The minimum atomic E-state index is 0.119. The zero-order valence-electron chi connectivity index (χ0n) is 20.9. The lowest BCUT2D eigenvalue weighted by atomic mass is 9.46. The molecule has 30 heavy (non-hydrogen) atoms. The summed E-state index contributed by atoms with van der Waals surface area (Å²) >= 11 is 0. The Hall–Kier alpha value is 0.0649. The number of hydrogen-bond acceptors (Lipinski definition) is 0. The highest BCUT2D eigenvalue weighted by Crippen LogP contribution is 2.62. The molecule has 2 unspecified atom stereocenters. The summed E-state index contributed by atoms with van der Waals surface area (Å²) in [5.74, 6) is 1.92. The first-order valence-corrected chi connectivity index (χ1v) is 14.1. The van der Waals surface area contributed by atoms with E-state index in [1.165, 1.54) is 128 Å². The molecule has 4 saturated carbocycles. The summed E-state index contributed by atoms with van der Waals surface area (Å²) in [6.07, 6.45) is 28.8. The van der Waals surface area contributed by atoms with E-state index in [1.807, 2.05) is 0 Å². The van der Waals surface area contributed by atoms with Gasteiger partial charge in [-0.15, -0.1) is 0 Å². The standard InChI is InChI=1S/C29H51B/c1-26(16-8-5-4-6-9-17-26)27(2)20-12-24-14-22-29(30,23-15-25(24)13-21-27)28(3)18-10-7-11-19-28/h24-25H,4-23H2,1-3H3. The van der Waals surface area contributed by atoms with E-state index >= 15 is 0 Å². The third-order valence-corrected chi connectivity index (χ3v) is 11.8. The summed E-state index contributed by atoms with van der Waals surface area (Å²) in [7, 11) is 7.28. The maximum atomic E-state index is 7.28. The van der Waals surface area contributed by atoms with Crippen molar-refractivity contribution in [3.8, 4) is 0 Å². The van der Waals surface area contributed by atoms with Crippen LogP contribution in [0.4, 0.5) is 0 Å². The summed E-state index contributed by atoms with van der Waals surface area (Å²) in [5, 5.41) is 0.119. The quantitative estimate of drug-likeness (QED) is 0.398. The number of rotatable bonds is 2. The second-order valence-corrected chi connectivity index (χ2v) is 13.3. The number of hydrogen-bond donors (Lipinski definition) is 0. The van der Waals surface area contributed by atoms with Crippen molar-refractivity contribution in [1.82, 2.24) is 0 Å². The van der Waals surface area contributed by atoms with Gasteiger partial charge in [0.05, 0.1) is 7.85 Å². The zero-order chi connectivity index (χ0) is 21.3. The normalized spacial score (nSPS) is 42.8. The molecule has 0 aromatic carbocycles. The molecule has 0 amide bonds. The molecule has 0 saturated heterocycles. The van der Waals surface area contributed by atoms with Gasteiger partial charge in [0.1, 0.15) is 0 Å². The molecule has 0 N–H and O–H groups in total. The van der Waals surface area contributed by atoms with E-state index in [1.54, 1.807) is 0 Å². The van der Waals surface area contributed by atoms with Crippen molar-refractivity contribution >= 4 is 7.85 Å². The Morgan fingerprint density at radius 1 is 0.433 bits per heavy atom. The molecule has 0 spiro atoms. The summed E-state index contributed by atoms with van der Waals surface area (Å²) in [6.45, 7) is 7.95. The first-order valence-electron chi connectivity index (χ1n) is 14.1. The van der Waals surface area contributed by atoms with Crippen LogP contribution >= 0.6 is 0 Å². The lowest BCUT2D eigenvalue weighted by Gasteiger charge is -2.50. The topological polar surface area (TPSA) is 0 Å². The molecule has 0 nitrogen and oxygen atoms in total. The molecule has 2 radical (unpaired) electrons. The predicted octanol–water partition coefficient (Wildman–Crippen LogP) is 9.42. The van der Waals surface area contributed by atoms with Crippen LogP contribution in [0.25, 0.3) is 0 Å². The van der Waals surface area contributed by atoms with Crippen LogP contribution < -0.4 is 0 Å². The maximum Gasteiger partial charge on any atom is 0.0753 e. The molecule has 0 heterocycles. The second-order valence-electron chi connectivity index (χ2n) is 13.3. The van der Waals surface area contributed by atoms with Crippen molar-refractivity contribution in [2.24, 2.45) is 28.1 Å². The Bertz CT molecular complexity index is 531. The molecule has 4 aliphatic rings. The van der Waals surface area contributed by atoms with Crippen LogP contribution in [0.1, 0.15) is 149 Å². The highest BCUT2D eigenvalue weighted by atomic mass is 14.5. The molecule has 0 aromatic heterocycles. The van der Waals surface area contributed by atoms with E-state index in [9.17, 15) is 0 Å². The van der Waals surface area contributed by atoms with Gasteiger partial charge in [-0.25, -0.2) is 0 Å². The summed E-state index contributed by atoms with van der Waals surface area (Å²) in [5.41, 5.74) is 1.57. The van der Waals surface area contributed by atoms with Crippen molar-refractivity contribution in [2.45, 2.75) is 155 Å². The van der Waals surface area contributed by atoms with Gasteiger partial charge in [-0.3, -0.25) is 0 Å². The highest BCUT2D eigenvalue weighted by Gasteiger charge is 2.49. The Labute approximate surface area is 190 Å². The average Bonchev–Trinajstić information content (AvgIpc) is 2.98. The predicted molar refractivity (Wildman–Crippen MR) is 132 cm³/mol. The lowest BCUT2D eigenvalue weighted by molar-refractivity contribution is 0.0220. The Morgan fingerprint density at radius 2 is 0.767 bits per heavy atom. The Kier molecular flexibility index (Phi) is 7.07. The molecule has 4 aliphatic carbocycles. The van der Waals surface area contributed by atoms with Crippen LogP contribution in [-0.2, 0) is 0 Å². The average molecular weight is 411 g/mol. The first kappa shape index (κ1) is 23.2. The molecular weight excluding hydrogens is 359 g/mol. The third kappa shape index (κ3) is 4.44. The SMILES string of the molecule is [B]C1(C2(C)CCCCC2)CCC2CCC(C)(C3(C)CCCCCCC3)CCC2CC1. The van der Waals surface area contributed by atoms with E-state index in [4.69, 9.17) is 7.85 Å². The van der Waals surface area contributed by atoms with Crippen LogP contribution in [0.3, 0.4) is 0 Å². The molecule has 0 aromatic rings. The summed E-state index contributed by atoms with van der Waals surface area (Å²) in [6, 6.07) is 0. The third-order valence-electron chi connectivity index (χ3n) is 11.8. The van der Waals surface area contributed by atoms with Gasteiger partial charge in [0.15, 0.2) is 0 Å². The van der Waals surface area contributed by atoms with E-state index < -0.39 is 0 Å². The van der Waals surface area contributed by atoms with Gasteiger partial charge < -0.3 is 0 Å². The Morgan fingerprint density at radius 3 is 1.27 bits per heavy atom. The monoisotopic (exact) mass is 410 g/mol. The van der Waals surface area contributed by atoms with Crippen LogP contribution in [0, 0.1) is 28.1 Å².